The number of hydrogen-bond donors (Lipinski definition) is 1. The van der Waals surface area contributed by atoms with E-state index in [-0.39, 0.29) is 11.1 Å². The second-order valence-electron chi connectivity index (χ2n) is 2.39. The van der Waals surface area contributed by atoms with Crippen LogP contribution in [0.4, 0.5) is 8.78 Å². The third kappa shape index (κ3) is 1.42. The molecule has 1 rings (SSSR count). The Morgan fingerprint density at radius 2 is 2.00 bits per heavy atom. The van der Waals surface area contributed by atoms with Crippen LogP contribution in [0.5, 0.6) is 0 Å². The monoisotopic (exact) mass is 172 g/mol. The molecular weight excluding hydrogens is 166 g/mol. The highest BCUT2D eigenvalue weighted by Crippen LogP contribution is 2.13. The van der Waals surface area contributed by atoms with Crippen LogP contribution in [0.2, 0.25) is 0 Å². The number of carboxylic acid groups (broad SMARTS) is 1. The summed E-state index contributed by atoms with van der Waals surface area (Å²) in [5, 5.41) is 8.44. The Morgan fingerprint density at radius 3 is 2.42 bits per heavy atom. The number of carboxylic acids is 1. The molecule has 1 aromatic rings. The molecule has 0 aromatic heterocycles. The molecule has 0 amide bonds. The van der Waals surface area contributed by atoms with Gasteiger partial charge in [-0.3, -0.25) is 0 Å². The molecule has 2 nitrogen and oxygen atoms in total. The molecule has 0 aliphatic heterocycles. The van der Waals surface area contributed by atoms with E-state index in [1.165, 1.54) is 6.92 Å². The second kappa shape index (κ2) is 2.89. The summed E-state index contributed by atoms with van der Waals surface area (Å²) in [5.74, 6) is -3.40. The molecule has 0 saturated carbocycles. The van der Waals surface area contributed by atoms with Crippen LogP contribution in [-0.4, -0.2) is 11.1 Å². The molecule has 4 heteroatoms. The molecule has 0 fully saturated rings. The zero-order valence-corrected chi connectivity index (χ0v) is 6.27. The SMILES string of the molecule is Cc1cc(C(=O)O)cc(F)c1F. The van der Waals surface area contributed by atoms with Crippen LogP contribution in [0.1, 0.15) is 15.9 Å². The second-order valence-corrected chi connectivity index (χ2v) is 2.39. The Hall–Kier alpha value is -1.45. The van der Waals surface area contributed by atoms with E-state index in [0.29, 0.717) is 6.07 Å². The maximum atomic E-state index is 12.6. The fraction of sp³-hybridized carbons (Fsp3) is 0.125. The lowest BCUT2D eigenvalue weighted by atomic mass is 10.1. The number of aryl methyl sites for hydroxylation is 1. The Labute approximate surface area is 67.4 Å². The molecule has 12 heavy (non-hydrogen) atoms. The van der Waals surface area contributed by atoms with Gasteiger partial charge in [0.25, 0.3) is 0 Å². The van der Waals surface area contributed by atoms with E-state index in [1.807, 2.05) is 0 Å². The van der Waals surface area contributed by atoms with Crippen molar-refractivity contribution in [3.63, 3.8) is 0 Å². The summed E-state index contributed by atoms with van der Waals surface area (Å²) in [4.78, 5) is 10.3. The van der Waals surface area contributed by atoms with Gasteiger partial charge in [0.2, 0.25) is 0 Å². The number of aromatic carboxylic acids is 1. The molecule has 0 bridgehead atoms. The van der Waals surface area contributed by atoms with Crippen LogP contribution in [0.15, 0.2) is 12.1 Å². The first-order valence-electron chi connectivity index (χ1n) is 3.21. The van der Waals surface area contributed by atoms with Crippen LogP contribution < -0.4 is 0 Å². The first-order valence-corrected chi connectivity index (χ1v) is 3.21. The van der Waals surface area contributed by atoms with Gasteiger partial charge in [0.15, 0.2) is 11.6 Å². The van der Waals surface area contributed by atoms with Gasteiger partial charge in [0, 0.05) is 0 Å². The first kappa shape index (κ1) is 8.64. The smallest absolute Gasteiger partial charge is 0.335 e. The number of benzene rings is 1. The standard InChI is InChI=1S/C8H6F2O2/c1-4-2-5(8(11)12)3-6(9)7(4)10/h2-3H,1H3,(H,11,12). The van der Waals surface area contributed by atoms with Crippen molar-refractivity contribution in [1.29, 1.82) is 0 Å². The van der Waals surface area contributed by atoms with Gasteiger partial charge in [-0.05, 0) is 24.6 Å². The normalized spacial score (nSPS) is 9.92. The lowest BCUT2D eigenvalue weighted by Gasteiger charge is -1.99. The van der Waals surface area contributed by atoms with E-state index in [4.69, 9.17) is 5.11 Å². The summed E-state index contributed by atoms with van der Waals surface area (Å²) >= 11 is 0. The highest BCUT2D eigenvalue weighted by molar-refractivity contribution is 5.87. The quantitative estimate of drug-likeness (QED) is 0.703. The minimum atomic E-state index is -1.27. The fourth-order valence-electron chi connectivity index (χ4n) is 0.850. The van der Waals surface area contributed by atoms with Crippen molar-refractivity contribution in [2.75, 3.05) is 0 Å². The molecule has 64 valence electrons. The molecule has 0 aliphatic rings. The highest BCUT2D eigenvalue weighted by Gasteiger charge is 2.10. The van der Waals surface area contributed by atoms with Crippen molar-refractivity contribution in [2.45, 2.75) is 6.92 Å². The van der Waals surface area contributed by atoms with Gasteiger partial charge in [0.1, 0.15) is 0 Å². The van der Waals surface area contributed by atoms with E-state index < -0.39 is 17.6 Å². The van der Waals surface area contributed by atoms with Crippen LogP contribution in [0, 0.1) is 18.6 Å². The average molecular weight is 172 g/mol. The van der Waals surface area contributed by atoms with Crippen molar-refractivity contribution in [1.82, 2.24) is 0 Å². The van der Waals surface area contributed by atoms with E-state index >= 15 is 0 Å². The van der Waals surface area contributed by atoms with Crippen LogP contribution in [0.25, 0.3) is 0 Å². The predicted molar refractivity (Wildman–Crippen MR) is 38.1 cm³/mol. The molecular formula is C8H6F2O2. The van der Waals surface area contributed by atoms with Crippen molar-refractivity contribution in [2.24, 2.45) is 0 Å². The molecule has 0 radical (unpaired) electrons. The molecule has 0 aliphatic carbocycles. The van der Waals surface area contributed by atoms with Gasteiger partial charge in [-0.2, -0.15) is 0 Å². The maximum absolute atomic E-state index is 12.6. The van der Waals surface area contributed by atoms with Crippen LogP contribution in [-0.2, 0) is 0 Å². The summed E-state index contributed by atoms with van der Waals surface area (Å²) in [6.45, 7) is 1.31. The highest BCUT2D eigenvalue weighted by atomic mass is 19.2. The summed E-state index contributed by atoms with van der Waals surface area (Å²) in [5.41, 5.74) is -0.251. The minimum Gasteiger partial charge on any atom is -0.478 e. The third-order valence-electron chi connectivity index (χ3n) is 1.46. The predicted octanol–water partition coefficient (Wildman–Crippen LogP) is 1.97. The molecule has 0 atom stereocenters. The molecule has 1 aromatic carbocycles. The summed E-state index contributed by atoms with van der Waals surface area (Å²) < 4.78 is 25.2. The average Bonchev–Trinajstić information content (AvgIpc) is 1.99. The Kier molecular flexibility index (Phi) is 2.08. The molecule has 0 saturated heterocycles. The van der Waals surface area contributed by atoms with Gasteiger partial charge in [-0.1, -0.05) is 0 Å². The minimum absolute atomic E-state index is 0.00704. The Bertz CT molecular complexity index is 311. The van der Waals surface area contributed by atoms with Gasteiger partial charge in [0.05, 0.1) is 5.56 Å². The number of hydrogen-bond acceptors (Lipinski definition) is 1. The summed E-state index contributed by atoms with van der Waals surface area (Å²) in [6, 6.07) is 1.74. The van der Waals surface area contributed by atoms with Crippen molar-refractivity contribution >= 4 is 5.97 Å². The van der Waals surface area contributed by atoms with Gasteiger partial charge in [-0.15, -0.1) is 0 Å². The lowest BCUT2D eigenvalue weighted by molar-refractivity contribution is 0.0696. The van der Waals surface area contributed by atoms with Crippen LogP contribution >= 0.6 is 0 Å². The van der Waals surface area contributed by atoms with Gasteiger partial charge < -0.3 is 5.11 Å². The van der Waals surface area contributed by atoms with E-state index in [2.05, 4.69) is 0 Å². The largest absolute Gasteiger partial charge is 0.478 e. The van der Waals surface area contributed by atoms with Gasteiger partial charge >= 0.3 is 5.97 Å². The Balaban J connectivity index is 3.31. The van der Waals surface area contributed by atoms with Gasteiger partial charge in [-0.25, -0.2) is 13.6 Å². The van der Waals surface area contributed by atoms with E-state index in [1.54, 1.807) is 0 Å². The molecule has 1 N–H and O–H groups in total. The third-order valence-corrected chi connectivity index (χ3v) is 1.46. The zero-order valence-electron chi connectivity index (χ0n) is 6.27. The van der Waals surface area contributed by atoms with Crippen LogP contribution in [0.3, 0.4) is 0 Å². The molecule has 0 unspecified atom stereocenters. The number of carbonyl (C=O) groups is 1. The van der Waals surface area contributed by atoms with Crippen molar-refractivity contribution < 1.29 is 18.7 Å². The fourth-order valence-corrected chi connectivity index (χ4v) is 0.850. The van der Waals surface area contributed by atoms with E-state index in [0.717, 1.165) is 6.07 Å². The number of rotatable bonds is 1. The first-order chi connectivity index (χ1) is 5.52. The number of halogens is 2. The maximum Gasteiger partial charge on any atom is 0.335 e. The summed E-state index contributed by atoms with van der Waals surface area (Å²) in [7, 11) is 0. The topological polar surface area (TPSA) is 37.3 Å². The molecule has 0 spiro atoms. The summed E-state index contributed by atoms with van der Waals surface area (Å²) in [6.07, 6.45) is 0. The van der Waals surface area contributed by atoms with Crippen molar-refractivity contribution in [3.05, 3.63) is 34.9 Å². The zero-order chi connectivity index (χ0) is 9.30. The molecule has 0 heterocycles. The van der Waals surface area contributed by atoms with Crippen molar-refractivity contribution in [3.8, 4) is 0 Å². The Morgan fingerprint density at radius 1 is 1.42 bits per heavy atom. The lowest BCUT2D eigenvalue weighted by Crippen LogP contribution is -2.00. The van der Waals surface area contributed by atoms with E-state index in [9.17, 15) is 13.6 Å².